The molecule has 28 heavy (non-hydrogen) atoms. The van der Waals surface area contributed by atoms with Crippen molar-refractivity contribution < 1.29 is 9.53 Å². The Morgan fingerprint density at radius 3 is 2.61 bits per heavy atom. The van der Waals surface area contributed by atoms with Crippen molar-refractivity contribution in [1.29, 1.82) is 0 Å². The number of carbonyl (C=O) groups excluding carboxylic acids is 1. The van der Waals surface area contributed by atoms with Gasteiger partial charge >= 0.3 is 0 Å². The van der Waals surface area contributed by atoms with E-state index < -0.39 is 5.41 Å². The summed E-state index contributed by atoms with van der Waals surface area (Å²) < 4.78 is 6.51. The minimum Gasteiger partial charge on any atom is -0.364 e. The number of ketones is 1. The van der Waals surface area contributed by atoms with Crippen LogP contribution >= 0.6 is 0 Å². The zero-order valence-electron chi connectivity index (χ0n) is 17.7. The fraction of sp³-hybridized carbons (Fsp3) is 0.654. The van der Waals surface area contributed by atoms with Gasteiger partial charge in [0.1, 0.15) is 11.9 Å². The lowest BCUT2D eigenvalue weighted by molar-refractivity contribution is -0.149. The van der Waals surface area contributed by atoms with Gasteiger partial charge in [-0.3, -0.25) is 4.79 Å². The Bertz CT molecular complexity index is 767. The van der Waals surface area contributed by atoms with Crippen molar-refractivity contribution in [3.63, 3.8) is 0 Å². The third-order valence-electron chi connectivity index (χ3n) is 8.17. The van der Waals surface area contributed by atoms with Gasteiger partial charge in [-0.15, -0.1) is 0 Å². The smallest absolute Gasteiger partial charge is 0.142 e. The molecule has 1 aromatic rings. The van der Waals surface area contributed by atoms with E-state index in [9.17, 15) is 4.79 Å². The molecule has 0 unspecified atom stereocenters. The first kappa shape index (κ1) is 19.7. The minimum atomic E-state index is -0.466. The van der Waals surface area contributed by atoms with E-state index >= 15 is 0 Å². The molecule has 4 aliphatic carbocycles. The highest BCUT2D eigenvalue weighted by molar-refractivity contribution is 5.86. The molecule has 0 radical (unpaired) electrons. The van der Waals surface area contributed by atoms with Crippen molar-refractivity contribution in [2.75, 3.05) is 6.61 Å². The summed E-state index contributed by atoms with van der Waals surface area (Å²) in [6, 6.07) is 10.1. The van der Waals surface area contributed by atoms with E-state index in [0.29, 0.717) is 23.5 Å². The van der Waals surface area contributed by atoms with Crippen LogP contribution in [0.1, 0.15) is 71.3 Å². The standard InChI is InChI=1S/C26H34O2/c1-25(2)21-14-13-20(22(25)17-21)18-28-24(15-12-19-9-5-4-6-10-19)26(3)16-8-7-11-23(26)27/h4-6,9-10,20-22,24H,7-8,11,13-14,16-18H2,1-3H3/t20-,21+,22+,24-,26+/m1/s1. The molecule has 2 heteroatoms. The summed E-state index contributed by atoms with van der Waals surface area (Å²) in [7, 11) is 0. The Balaban J connectivity index is 1.52. The average Bonchev–Trinajstić information content (AvgIpc) is 2.71. The molecule has 4 fully saturated rings. The van der Waals surface area contributed by atoms with Gasteiger partial charge in [0.15, 0.2) is 0 Å². The predicted molar refractivity (Wildman–Crippen MR) is 113 cm³/mol. The van der Waals surface area contributed by atoms with E-state index in [2.05, 4.69) is 32.6 Å². The highest BCUT2D eigenvalue weighted by Gasteiger charge is 2.54. The summed E-state index contributed by atoms with van der Waals surface area (Å²) in [6.45, 7) is 7.69. The lowest BCUT2D eigenvalue weighted by Gasteiger charge is -2.60. The van der Waals surface area contributed by atoms with Crippen molar-refractivity contribution in [2.45, 2.75) is 71.8 Å². The van der Waals surface area contributed by atoms with E-state index in [-0.39, 0.29) is 6.10 Å². The number of Topliss-reactive ketones (excluding diaryl/α,β-unsaturated/α-hetero) is 1. The molecule has 0 N–H and O–H groups in total. The maximum atomic E-state index is 12.8. The van der Waals surface area contributed by atoms with Crippen LogP contribution in [0, 0.1) is 40.4 Å². The Labute approximate surface area is 170 Å². The van der Waals surface area contributed by atoms with E-state index in [0.717, 1.165) is 43.3 Å². The molecule has 0 aromatic heterocycles. The molecule has 0 heterocycles. The molecule has 5 rings (SSSR count). The van der Waals surface area contributed by atoms with E-state index in [1.807, 2.05) is 30.3 Å². The molecular weight excluding hydrogens is 344 g/mol. The summed E-state index contributed by atoms with van der Waals surface area (Å²) in [6.07, 6.45) is 7.31. The van der Waals surface area contributed by atoms with Crippen LogP contribution in [0.25, 0.3) is 0 Å². The quantitative estimate of drug-likeness (QED) is 0.633. The van der Waals surface area contributed by atoms with Crippen LogP contribution in [-0.2, 0) is 9.53 Å². The first-order valence-electron chi connectivity index (χ1n) is 11.1. The summed E-state index contributed by atoms with van der Waals surface area (Å²) in [5.74, 6) is 9.27. The van der Waals surface area contributed by atoms with E-state index in [1.54, 1.807) is 0 Å². The predicted octanol–water partition coefficient (Wildman–Crippen LogP) is 5.65. The van der Waals surface area contributed by atoms with Crippen molar-refractivity contribution in [2.24, 2.45) is 28.6 Å². The average molecular weight is 379 g/mol. The fourth-order valence-electron chi connectivity index (χ4n) is 5.92. The van der Waals surface area contributed by atoms with Crippen LogP contribution in [0.15, 0.2) is 30.3 Å². The van der Waals surface area contributed by atoms with E-state index in [1.165, 1.54) is 19.3 Å². The zero-order valence-corrected chi connectivity index (χ0v) is 17.7. The zero-order chi connectivity index (χ0) is 19.8. The highest BCUT2D eigenvalue weighted by Crippen LogP contribution is 2.61. The molecule has 0 saturated heterocycles. The molecule has 2 bridgehead atoms. The maximum absolute atomic E-state index is 12.8. The number of fused-ring (bicyclic) bond motifs is 2. The molecule has 2 nitrogen and oxygen atoms in total. The second kappa shape index (κ2) is 7.68. The number of rotatable bonds is 4. The van der Waals surface area contributed by atoms with Gasteiger partial charge in [0.2, 0.25) is 0 Å². The third kappa shape index (κ3) is 3.55. The van der Waals surface area contributed by atoms with Gasteiger partial charge in [-0.1, -0.05) is 50.3 Å². The Hall–Kier alpha value is -1.59. The van der Waals surface area contributed by atoms with Crippen LogP contribution in [0.5, 0.6) is 0 Å². The minimum absolute atomic E-state index is 0.304. The van der Waals surface area contributed by atoms with Crippen molar-refractivity contribution in [3.05, 3.63) is 35.9 Å². The Morgan fingerprint density at radius 2 is 1.93 bits per heavy atom. The van der Waals surface area contributed by atoms with Crippen LogP contribution in [-0.4, -0.2) is 18.5 Å². The number of benzene rings is 1. The van der Waals surface area contributed by atoms with Crippen LogP contribution in [0.2, 0.25) is 0 Å². The first-order chi connectivity index (χ1) is 13.4. The summed E-state index contributed by atoms with van der Waals surface area (Å²) in [5.41, 5.74) is 0.984. The van der Waals surface area contributed by atoms with Crippen LogP contribution in [0.4, 0.5) is 0 Å². The van der Waals surface area contributed by atoms with Gasteiger partial charge in [-0.2, -0.15) is 0 Å². The van der Waals surface area contributed by atoms with Crippen LogP contribution < -0.4 is 0 Å². The molecule has 150 valence electrons. The molecule has 0 aliphatic heterocycles. The summed E-state index contributed by atoms with van der Waals surface area (Å²) >= 11 is 0. The SMILES string of the molecule is CC1(C)[C@H]2CC[C@H](CO[C@H](C#Cc3ccccc3)[C@@]3(C)CCCCC3=O)[C@@H]1C2. The lowest BCUT2D eigenvalue weighted by atomic mass is 9.46. The second-order valence-electron chi connectivity index (χ2n) is 10.1. The van der Waals surface area contributed by atoms with Crippen molar-refractivity contribution in [3.8, 4) is 11.8 Å². The molecular formula is C26H34O2. The fourth-order valence-corrected chi connectivity index (χ4v) is 5.92. The van der Waals surface area contributed by atoms with Gasteiger partial charge < -0.3 is 4.74 Å². The van der Waals surface area contributed by atoms with Crippen LogP contribution in [0.3, 0.4) is 0 Å². The summed E-state index contributed by atoms with van der Waals surface area (Å²) in [5, 5.41) is 0. The van der Waals surface area contributed by atoms with Gasteiger partial charge in [0.25, 0.3) is 0 Å². The first-order valence-corrected chi connectivity index (χ1v) is 11.1. The lowest BCUT2D eigenvalue weighted by Crippen LogP contribution is -2.54. The molecule has 1 aromatic carbocycles. The van der Waals surface area contributed by atoms with Gasteiger partial charge in [0.05, 0.1) is 12.0 Å². The summed E-state index contributed by atoms with van der Waals surface area (Å²) in [4.78, 5) is 12.8. The molecule has 5 atom stereocenters. The van der Waals surface area contributed by atoms with Gasteiger partial charge in [-0.25, -0.2) is 0 Å². The molecule has 4 saturated carbocycles. The largest absolute Gasteiger partial charge is 0.364 e. The van der Waals surface area contributed by atoms with Crippen molar-refractivity contribution >= 4 is 5.78 Å². The number of hydrogen-bond acceptors (Lipinski definition) is 2. The second-order valence-corrected chi connectivity index (χ2v) is 10.1. The number of carbonyl (C=O) groups is 1. The van der Waals surface area contributed by atoms with Crippen molar-refractivity contribution in [1.82, 2.24) is 0 Å². The molecule has 0 amide bonds. The van der Waals surface area contributed by atoms with E-state index in [4.69, 9.17) is 4.74 Å². The third-order valence-corrected chi connectivity index (χ3v) is 8.17. The Morgan fingerprint density at radius 1 is 1.14 bits per heavy atom. The normalized spacial score (nSPS) is 34.7. The molecule has 4 aliphatic rings. The highest BCUT2D eigenvalue weighted by atomic mass is 16.5. The monoisotopic (exact) mass is 378 g/mol. The number of ether oxygens (including phenoxy) is 1. The topological polar surface area (TPSA) is 26.3 Å². The Kier molecular flexibility index (Phi) is 5.41. The van der Waals surface area contributed by atoms with Gasteiger partial charge in [-0.05, 0) is 74.3 Å². The maximum Gasteiger partial charge on any atom is 0.142 e. The molecule has 0 spiro atoms. The number of hydrogen-bond donors (Lipinski definition) is 0. The van der Waals surface area contributed by atoms with Gasteiger partial charge in [0, 0.05) is 12.0 Å².